The Morgan fingerprint density at radius 1 is 1.38 bits per heavy atom. The molecule has 0 spiro atoms. The van der Waals surface area contributed by atoms with E-state index in [1.54, 1.807) is 0 Å². The summed E-state index contributed by atoms with van der Waals surface area (Å²) in [6.07, 6.45) is 1.07. The second-order valence-corrected chi connectivity index (χ2v) is 4.41. The van der Waals surface area contributed by atoms with Gasteiger partial charge in [0.2, 0.25) is 0 Å². The molecule has 0 unspecified atom stereocenters. The van der Waals surface area contributed by atoms with Crippen LogP contribution in [0, 0.1) is 0 Å². The van der Waals surface area contributed by atoms with Crippen LogP contribution in [0.1, 0.15) is 34.1 Å². The molecule has 0 atom stereocenters. The maximum atomic E-state index is 5.37. The first-order valence-electron chi connectivity index (χ1n) is 4.95. The van der Waals surface area contributed by atoms with Crippen molar-refractivity contribution in [2.45, 2.75) is 39.7 Å². The van der Waals surface area contributed by atoms with Gasteiger partial charge in [0.15, 0.2) is 0 Å². The zero-order chi connectivity index (χ0) is 10.3. The lowest BCUT2D eigenvalue weighted by Crippen LogP contribution is -2.37. The topological polar surface area (TPSA) is 21.3 Å². The van der Waals surface area contributed by atoms with Crippen molar-refractivity contribution in [2.75, 3.05) is 19.8 Å². The number of hydrogen-bond donors (Lipinski definition) is 1. The monoisotopic (exact) mass is 185 g/mol. The number of hydrogen-bond acceptors (Lipinski definition) is 2. The molecule has 0 aromatic carbocycles. The first-order chi connectivity index (χ1) is 5.95. The third kappa shape index (κ3) is 9.57. The van der Waals surface area contributed by atoms with Crippen LogP contribution in [0.25, 0.3) is 0 Å². The third-order valence-electron chi connectivity index (χ3n) is 1.52. The minimum absolute atomic E-state index is 0.160. The molecule has 0 aliphatic carbocycles. The van der Waals surface area contributed by atoms with Crippen molar-refractivity contribution in [3.8, 4) is 0 Å². The van der Waals surface area contributed by atoms with E-state index in [4.69, 9.17) is 4.74 Å². The van der Waals surface area contributed by atoms with Gasteiger partial charge >= 0.3 is 0 Å². The van der Waals surface area contributed by atoms with Crippen LogP contribution in [-0.4, -0.2) is 25.3 Å². The zero-order valence-electron chi connectivity index (χ0n) is 9.44. The normalized spacial score (nSPS) is 11.7. The summed E-state index contributed by atoms with van der Waals surface area (Å²) in [5.41, 5.74) is 1.27. The molecule has 0 radical (unpaired) electrons. The van der Waals surface area contributed by atoms with Crippen molar-refractivity contribution < 1.29 is 4.74 Å². The van der Waals surface area contributed by atoms with Gasteiger partial charge in [-0.15, -0.1) is 0 Å². The van der Waals surface area contributed by atoms with Crippen LogP contribution in [0.15, 0.2) is 12.2 Å². The van der Waals surface area contributed by atoms with E-state index in [-0.39, 0.29) is 5.54 Å². The van der Waals surface area contributed by atoms with E-state index < -0.39 is 0 Å². The van der Waals surface area contributed by atoms with Crippen molar-refractivity contribution in [3.05, 3.63) is 12.2 Å². The van der Waals surface area contributed by atoms with Crippen LogP contribution >= 0.6 is 0 Å². The summed E-state index contributed by atoms with van der Waals surface area (Å²) in [6.45, 7) is 14.8. The van der Waals surface area contributed by atoms with Gasteiger partial charge in [-0.05, 0) is 32.8 Å². The molecule has 0 aliphatic rings. The van der Waals surface area contributed by atoms with Crippen LogP contribution < -0.4 is 5.32 Å². The summed E-state index contributed by atoms with van der Waals surface area (Å²) >= 11 is 0. The summed E-state index contributed by atoms with van der Waals surface area (Å²) in [5.74, 6) is 0. The summed E-state index contributed by atoms with van der Waals surface area (Å²) in [6, 6.07) is 0. The molecule has 0 heterocycles. The van der Waals surface area contributed by atoms with Crippen LogP contribution in [0.4, 0.5) is 0 Å². The molecule has 0 rings (SSSR count). The first kappa shape index (κ1) is 12.7. The summed E-state index contributed by atoms with van der Waals surface area (Å²) in [7, 11) is 0. The SMILES string of the molecule is C=C(CNC(C)(C)C)COCCC. The Labute approximate surface area is 82.4 Å². The molecular weight excluding hydrogens is 162 g/mol. The minimum Gasteiger partial charge on any atom is -0.377 e. The lowest BCUT2D eigenvalue weighted by Gasteiger charge is -2.21. The van der Waals surface area contributed by atoms with E-state index in [9.17, 15) is 0 Å². The lowest BCUT2D eigenvalue weighted by atomic mass is 10.1. The van der Waals surface area contributed by atoms with E-state index in [2.05, 4.69) is 39.6 Å². The molecule has 0 aromatic rings. The molecule has 0 aromatic heterocycles. The molecule has 0 amide bonds. The van der Waals surface area contributed by atoms with Crippen molar-refractivity contribution >= 4 is 0 Å². The highest BCUT2D eigenvalue weighted by Crippen LogP contribution is 2.00. The third-order valence-corrected chi connectivity index (χ3v) is 1.52. The first-order valence-corrected chi connectivity index (χ1v) is 4.95. The van der Waals surface area contributed by atoms with Gasteiger partial charge in [0, 0.05) is 18.7 Å². The van der Waals surface area contributed by atoms with Crippen LogP contribution in [0.2, 0.25) is 0 Å². The maximum absolute atomic E-state index is 5.37. The average Bonchev–Trinajstić information content (AvgIpc) is 2.00. The minimum atomic E-state index is 0.160. The Balaban J connectivity index is 3.41. The largest absolute Gasteiger partial charge is 0.377 e. The highest BCUT2D eigenvalue weighted by atomic mass is 16.5. The van der Waals surface area contributed by atoms with Gasteiger partial charge in [-0.3, -0.25) is 0 Å². The molecule has 2 nitrogen and oxygen atoms in total. The number of nitrogens with one attached hydrogen (secondary N) is 1. The Morgan fingerprint density at radius 2 is 2.00 bits per heavy atom. The summed E-state index contributed by atoms with van der Waals surface area (Å²) in [4.78, 5) is 0. The van der Waals surface area contributed by atoms with Gasteiger partial charge < -0.3 is 10.1 Å². The lowest BCUT2D eigenvalue weighted by molar-refractivity contribution is 0.155. The Kier molecular flexibility index (Phi) is 6.00. The second kappa shape index (κ2) is 6.17. The standard InChI is InChI=1S/C11H23NO/c1-6-7-13-9-10(2)8-12-11(3,4)5/h12H,2,6-9H2,1,3-5H3. The van der Waals surface area contributed by atoms with Crippen molar-refractivity contribution in [2.24, 2.45) is 0 Å². The summed E-state index contributed by atoms with van der Waals surface area (Å²) < 4.78 is 5.37. The van der Waals surface area contributed by atoms with Gasteiger partial charge in [-0.1, -0.05) is 13.5 Å². The van der Waals surface area contributed by atoms with Gasteiger partial charge in [-0.25, -0.2) is 0 Å². The molecular formula is C11H23NO. The van der Waals surface area contributed by atoms with Gasteiger partial charge in [0.05, 0.1) is 6.61 Å². The molecule has 0 aliphatic heterocycles. The van der Waals surface area contributed by atoms with Crippen LogP contribution in [0.5, 0.6) is 0 Å². The van der Waals surface area contributed by atoms with Gasteiger partial charge in [-0.2, -0.15) is 0 Å². The zero-order valence-corrected chi connectivity index (χ0v) is 9.44. The molecule has 0 fully saturated rings. The summed E-state index contributed by atoms with van der Waals surface area (Å²) in [5, 5.41) is 3.37. The predicted molar refractivity (Wildman–Crippen MR) is 58.0 cm³/mol. The van der Waals surface area contributed by atoms with Crippen LogP contribution in [-0.2, 0) is 4.74 Å². The molecule has 0 saturated carbocycles. The number of ether oxygens (including phenoxy) is 1. The molecule has 78 valence electrons. The Morgan fingerprint density at radius 3 is 2.46 bits per heavy atom. The Bertz CT molecular complexity index is 147. The number of rotatable bonds is 6. The van der Waals surface area contributed by atoms with E-state index in [0.717, 1.165) is 25.1 Å². The van der Waals surface area contributed by atoms with Gasteiger partial charge in [0.1, 0.15) is 0 Å². The van der Waals surface area contributed by atoms with E-state index in [1.165, 1.54) is 0 Å². The average molecular weight is 185 g/mol. The fraction of sp³-hybridized carbons (Fsp3) is 0.818. The van der Waals surface area contributed by atoms with E-state index >= 15 is 0 Å². The van der Waals surface area contributed by atoms with Crippen molar-refractivity contribution in [1.82, 2.24) is 5.32 Å². The molecule has 0 saturated heterocycles. The second-order valence-electron chi connectivity index (χ2n) is 4.41. The Hall–Kier alpha value is -0.340. The maximum Gasteiger partial charge on any atom is 0.0686 e. The molecule has 2 heteroatoms. The molecule has 0 bridgehead atoms. The van der Waals surface area contributed by atoms with Crippen molar-refractivity contribution in [3.63, 3.8) is 0 Å². The van der Waals surface area contributed by atoms with Gasteiger partial charge in [0.25, 0.3) is 0 Å². The smallest absolute Gasteiger partial charge is 0.0686 e. The van der Waals surface area contributed by atoms with E-state index in [1.807, 2.05) is 0 Å². The van der Waals surface area contributed by atoms with Crippen LogP contribution in [0.3, 0.4) is 0 Å². The molecule has 13 heavy (non-hydrogen) atoms. The highest BCUT2D eigenvalue weighted by molar-refractivity contribution is 4.98. The quantitative estimate of drug-likeness (QED) is 0.506. The fourth-order valence-corrected chi connectivity index (χ4v) is 0.802. The fourth-order valence-electron chi connectivity index (χ4n) is 0.802. The highest BCUT2D eigenvalue weighted by Gasteiger charge is 2.08. The predicted octanol–water partition coefficient (Wildman–Crippen LogP) is 2.36. The van der Waals surface area contributed by atoms with E-state index in [0.29, 0.717) is 6.61 Å². The molecule has 1 N–H and O–H groups in total. The van der Waals surface area contributed by atoms with Crippen molar-refractivity contribution in [1.29, 1.82) is 0 Å².